The summed E-state index contributed by atoms with van der Waals surface area (Å²) in [5, 5.41) is 2.93. The summed E-state index contributed by atoms with van der Waals surface area (Å²) in [4.78, 5) is 11.4. The zero-order valence-corrected chi connectivity index (χ0v) is 9.88. The summed E-state index contributed by atoms with van der Waals surface area (Å²) in [6, 6.07) is 0. The molecule has 2 unspecified atom stereocenters. The first-order valence-electron chi connectivity index (χ1n) is 5.62. The highest BCUT2D eigenvalue weighted by Gasteiger charge is 2.19. The van der Waals surface area contributed by atoms with E-state index in [0.717, 1.165) is 31.6 Å². The average molecular weight is 211 g/mol. The van der Waals surface area contributed by atoms with Crippen molar-refractivity contribution in [2.45, 2.75) is 39.7 Å². The van der Waals surface area contributed by atoms with Crippen LogP contribution in [0.5, 0.6) is 0 Å². The number of amides is 1. The molecule has 0 aliphatic carbocycles. The molecule has 3 nitrogen and oxygen atoms in total. The molecule has 1 aliphatic heterocycles. The summed E-state index contributed by atoms with van der Waals surface area (Å²) in [6.45, 7) is 7.54. The van der Waals surface area contributed by atoms with Crippen molar-refractivity contribution in [1.29, 1.82) is 0 Å². The molecule has 1 aliphatic rings. The predicted octanol–water partition coefficient (Wildman–Crippen LogP) is 1.88. The molecule has 1 heterocycles. The van der Waals surface area contributed by atoms with Gasteiger partial charge in [0.25, 0.3) is 0 Å². The Morgan fingerprint density at radius 2 is 2.27 bits per heavy atom. The van der Waals surface area contributed by atoms with Crippen LogP contribution in [0.2, 0.25) is 0 Å². The quantitative estimate of drug-likeness (QED) is 0.724. The van der Waals surface area contributed by atoms with E-state index >= 15 is 0 Å². The number of ether oxygens (including phenoxy) is 1. The van der Waals surface area contributed by atoms with Crippen molar-refractivity contribution < 1.29 is 9.53 Å². The fourth-order valence-electron chi connectivity index (χ4n) is 1.83. The van der Waals surface area contributed by atoms with Crippen LogP contribution in [0.4, 0.5) is 0 Å². The van der Waals surface area contributed by atoms with E-state index < -0.39 is 0 Å². The Balaban J connectivity index is 2.24. The molecule has 1 saturated heterocycles. The lowest BCUT2D eigenvalue weighted by Gasteiger charge is -2.27. The molecule has 1 N–H and O–H groups in total. The first-order chi connectivity index (χ1) is 7.08. The van der Waals surface area contributed by atoms with Crippen molar-refractivity contribution in [3.63, 3.8) is 0 Å². The summed E-state index contributed by atoms with van der Waals surface area (Å²) < 4.78 is 5.45. The Kier molecular flexibility index (Phi) is 4.82. The number of carbonyl (C=O) groups excluding carboxylic acids is 1. The van der Waals surface area contributed by atoms with Gasteiger partial charge in [-0.1, -0.05) is 5.57 Å². The number of allylic oxidation sites excluding steroid dienone is 1. The van der Waals surface area contributed by atoms with Gasteiger partial charge in [0.05, 0.1) is 6.10 Å². The molecule has 0 bridgehead atoms. The van der Waals surface area contributed by atoms with E-state index in [1.54, 1.807) is 6.08 Å². The first-order valence-corrected chi connectivity index (χ1v) is 5.62. The second-order valence-electron chi connectivity index (χ2n) is 4.54. The van der Waals surface area contributed by atoms with Crippen LogP contribution >= 0.6 is 0 Å². The topological polar surface area (TPSA) is 38.3 Å². The standard InChI is InChI=1S/C12H21NO2/c1-9(2)6-12(14)13-8-11-4-5-15-10(3)7-11/h6,10-11H,4-5,7-8H2,1-3H3,(H,13,14). The SMILES string of the molecule is CC(C)=CC(=O)NCC1CCOC(C)C1. The second-order valence-corrected chi connectivity index (χ2v) is 4.54. The minimum absolute atomic E-state index is 0.0224. The van der Waals surface area contributed by atoms with Crippen LogP contribution in [-0.2, 0) is 9.53 Å². The highest BCUT2D eigenvalue weighted by Crippen LogP contribution is 2.18. The molecule has 2 atom stereocenters. The zero-order valence-electron chi connectivity index (χ0n) is 9.88. The van der Waals surface area contributed by atoms with Crippen molar-refractivity contribution >= 4 is 5.91 Å². The molecule has 3 heteroatoms. The number of hydrogen-bond acceptors (Lipinski definition) is 2. The van der Waals surface area contributed by atoms with Crippen LogP contribution in [0.25, 0.3) is 0 Å². The maximum atomic E-state index is 11.4. The van der Waals surface area contributed by atoms with E-state index in [1.165, 1.54) is 0 Å². The van der Waals surface area contributed by atoms with E-state index in [2.05, 4.69) is 12.2 Å². The molecule has 0 spiro atoms. The third kappa shape index (κ3) is 4.98. The lowest BCUT2D eigenvalue weighted by atomic mass is 9.96. The summed E-state index contributed by atoms with van der Waals surface area (Å²) in [5.41, 5.74) is 1.04. The number of carbonyl (C=O) groups is 1. The minimum Gasteiger partial charge on any atom is -0.378 e. The van der Waals surface area contributed by atoms with Crippen LogP contribution in [0, 0.1) is 5.92 Å². The van der Waals surface area contributed by atoms with Crippen molar-refractivity contribution in [3.8, 4) is 0 Å². The molecule has 0 saturated carbocycles. The smallest absolute Gasteiger partial charge is 0.243 e. The highest BCUT2D eigenvalue weighted by molar-refractivity contribution is 5.87. The normalized spacial score (nSPS) is 25.8. The van der Waals surface area contributed by atoms with Crippen LogP contribution < -0.4 is 5.32 Å². The fraction of sp³-hybridized carbons (Fsp3) is 0.750. The molecule has 0 aromatic carbocycles. The Morgan fingerprint density at radius 1 is 1.53 bits per heavy atom. The lowest BCUT2D eigenvalue weighted by molar-refractivity contribution is -0.117. The molecule has 0 aromatic heterocycles. The van der Waals surface area contributed by atoms with Gasteiger partial charge >= 0.3 is 0 Å². The van der Waals surface area contributed by atoms with Gasteiger partial charge in [0.1, 0.15) is 0 Å². The average Bonchev–Trinajstić information content (AvgIpc) is 2.14. The largest absolute Gasteiger partial charge is 0.378 e. The molecule has 0 radical (unpaired) electrons. The highest BCUT2D eigenvalue weighted by atomic mass is 16.5. The monoisotopic (exact) mass is 211 g/mol. The van der Waals surface area contributed by atoms with Crippen molar-refractivity contribution in [3.05, 3.63) is 11.6 Å². The third-order valence-electron chi connectivity index (χ3n) is 2.58. The Hall–Kier alpha value is -0.830. The zero-order chi connectivity index (χ0) is 11.3. The van der Waals surface area contributed by atoms with E-state index in [0.29, 0.717) is 12.0 Å². The van der Waals surface area contributed by atoms with Crippen LogP contribution in [0.1, 0.15) is 33.6 Å². The molecule has 0 aromatic rings. The number of rotatable bonds is 3. The van der Waals surface area contributed by atoms with Crippen LogP contribution in [0.3, 0.4) is 0 Å². The van der Waals surface area contributed by atoms with Crippen LogP contribution in [-0.4, -0.2) is 25.2 Å². The molecular weight excluding hydrogens is 190 g/mol. The van der Waals surface area contributed by atoms with E-state index in [1.807, 2.05) is 13.8 Å². The summed E-state index contributed by atoms with van der Waals surface area (Å²) >= 11 is 0. The lowest BCUT2D eigenvalue weighted by Crippen LogP contribution is -2.33. The summed E-state index contributed by atoms with van der Waals surface area (Å²) in [7, 11) is 0. The minimum atomic E-state index is 0.0224. The maximum Gasteiger partial charge on any atom is 0.243 e. The fourth-order valence-corrected chi connectivity index (χ4v) is 1.83. The van der Waals surface area contributed by atoms with Gasteiger partial charge in [-0.2, -0.15) is 0 Å². The molecular formula is C12H21NO2. The first kappa shape index (κ1) is 12.2. The van der Waals surface area contributed by atoms with E-state index in [4.69, 9.17) is 4.74 Å². The Labute approximate surface area is 91.9 Å². The predicted molar refractivity (Wildman–Crippen MR) is 60.6 cm³/mol. The third-order valence-corrected chi connectivity index (χ3v) is 2.58. The van der Waals surface area contributed by atoms with Gasteiger partial charge in [0, 0.05) is 19.2 Å². The van der Waals surface area contributed by atoms with Gasteiger partial charge in [-0.05, 0) is 39.5 Å². The maximum absolute atomic E-state index is 11.4. The summed E-state index contributed by atoms with van der Waals surface area (Å²) in [5.74, 6) is 0.595. The van der Waals surface area contributed by atoms with Crippen molar-refractivity contribution in [1.82, 2.24) is 5.32 Å². The van der Waals surface area contributed by atoms with Crippen LogP contribution in [0.15, 0.2) is 11.6 Å². The Morgan fingerprint density at radius 3 is 2.87 bits per heavy atom. The van der Waals surface area contributed by atoms with Crippen molar-refractivity contribution in [2.75, 3.05) is 13.2 Å². The van der Waals surface area contributed by atoms with Gasteiger partial charge < -0.3 is 10.1 Å². The van der Waals surface area contributed by atoms with Gasteiger partial charge in [0.15, 0.2) is 0 Å². The summed E-state index contributed by atoms with van der Waals surface area (Å²) in [6.07, 6.45) is 4.08. The molecule has 1 rings (SSSR count). The van der Waals surface area contributed by atoms with Gasteiger partial charge in [-0.3, -0.25) is 4.79 Å². The van der Waals surface area contributed by atoms with Gasteiger partial charge in [-0.25, -0.2) is 0 Å². The molecule has 15 heavy (non-hydrogen) atoms. The van der Waals surface area contributed by atoms with Gasteiger partial charge in [-0.15, -0.1) is 0 Å². The molecule has 86 valence electrons. The molecule has 1 fully saturated rings. The van der Waals surface area contributed by atoms with E-state index in [-0.39, 0.29) is 5.91 Å². The second kappa shape index (κ2) is 5.91. The van der Waals surface area contributed by atoms with E-state index in [9.17, 15) is 4.79 Å². The Bertz CT molecular complexity index is 244. The number of hydrogen-bond donors (Lipinski definition) is 1. The molecule has 1 amide bonds. The number of nitrogens with one attached hydrogen (secondary N) is 1. The van der Waals surface area contributed by atoms with Gasteiger partial charge in [0.2, 0.25) is 5.91 Å². The van der Waals surface area contributed by atoms with Crippen molar-refractivity contribution in [2.24, 2.45) is 5.92 Å².